The second-order valence-electron chi connectivity index (χ2n) is 7.25. The van der Waals surface area contributed by atoms with Crippen molar-refractivity contribution in [2.75, 3.05) is 11.9 Å². The van der Waals surface area contributed by atoms with Crippen LogP contribution in [0.4, 0.5) is 5.82 Å². The Balaban J connectivity index is 1.43. The van der Waals surface area contributed by atoms with Crippen LogP contribution in [0.3, 0.4) is 0 Å². The van der Waals surface area contributed by atoms with Crippen LogP contribution in [0.2, 0.25) is 0 Å². The van der Waals surface area contributed by atoms with Crippen molar-refractivity contribution in [2.24, 2.45) is 0 Å². The fourth-order valence-corrected chi connectivity index (χ4v) is 4.39. The monoisotopic (exact) mass is 401 g/mol. The second kappa shape index (κ2) is 8.13. The molecule has 5 heteroatoms. The number of nitrogens with one attached hydrogen (secondary N) is 1. The maximum Gasteiger partial charge on any atom is 0.133 e. The molecule has 4 aromatic rings. The summed E-state index contributed by atoms with van der Waals surface area (Å²) in [6.07, 6.45) is 3.44. The molecule has 5 rings (SSSR count). The molecule has 0 saturated heterocycles. The SMILES string of the molecule is c1ccc(COc2ccc(-n3nc(-c4ccsc4)c4c3NCCCC4)cc2)cc1. The zero-order valence-corrected chi connectivity index (χ0v) is 17.0. The third-order valence-electron chi connectivity index (χ3n) is 5.25. The number of thiophene rings is 1. The topological polar surface area (TPSA) is 39.1 Å². The van der Waals surface area contributed by atoms with Gasteiger partial charge in [-0.25, -0.2) is 4.68 Å². The van der Waals surface area contributed by atoms with Crippen LogP contribution >= 0.6 is 11.3 Å². The van der Waals surface area contributed by atoms with Gasteiger partial charge in [-0.2, -0.15) is 16.4 Å². The molecule has 3 heterocycles. The normalized spacial score (nSPS) is 13.4. The predicted molar refractivity (Wildman–Crippen MR) is 119 cm³/mol. The highest BCUT2D eigenvalue weighted by atomic mass is 32.1. The largest absolute Gasteiger partial charge is 0.489 e. The first-order chi connectivity index (χ1) is 14.4. The molecule has 0 aliphatic carbocycles. The molecule has 0 amide bonds. The van der Waals surface area contributed by atoms with Gasteiger partial charge < -0.3 is 10.1 Å². The lowest BCUT2D eigenvalue weighted by atomic mass is 10.1. The Morgan fingerprint density at radius 1 is 1.00 bits per heavy atom. The van der Waals surface area contributed by atoms with Crippen LogP contribution < -0.4 is 10.1 Å². The second-order valence-corrected chi connectivity index (χ2v) is 8.03. The Hall–Kier alpha value is -3.05. The van der Waals surface area contributed by atoms with Gasteiger partial charge in [0.05, 0.1) is 11.4 Å². The molecular formula is C24H23N3OS. The molecule has 0 bridgehead atoms. The summed E-state index contributed by atoms with van der Waals surface area (Å²) < 4.78 is 7.99. The van der Waals surface area contributed by atoms with E-state index in [-0.39, 0.29) is 0 Å². The number of hydrogen-bond acceptors (Lipinski definition) is 4. The number of rotatable bonds is 5. The first-order valence-electron chi connectivity index (χ1n) is 10.0. The lowest BCUT2D eigenvalue weighted by molar-refractivity contribution is 0.306. The Kier molecular flexibility index (Phi) is 5.05. The van der Waals surface area contributed by atoms with Crippen molar-refractivity contribution in [3.63, 3.8) is 0 Å². The minimum Gasteiger partial charge on any atom is -0.489 e. The van der Waals surface area contributed by atoms with E-state index in [1.165, 1.54) is 29.5 Å². The highest BCUT2D eigenvalue weighted by molar-refractivity contribution is 7.08. The van der Waals surface area contributed by atoms with Crippen LogP contribution in [-0.4, -0.2) is 16.3 Å². The third-order valence-corrected chi connectivity index (χ3v) is 5.94. The van der Waals surface area contributed by atoms with Crippen molar-refractivity contribution in [1.82, 2.24) is 9.78 Å². The molecule has 1 aliphatic heterocycles. The van der Waals surface area contributed by atoms with Crippen molar-refractivity contribution in [2.45, 2.75) is 25.9 Å². The van der Waals surface area contributed by atoms with Gasteiger partial charge in [-0.05, 0) is 60.5 Å². The maximum atomic E-state index is 5.94. The van der Waals surface area contributed by atoms with Crippen molar-refractivity contribution < 1.29 is 4.74 Å². The summed E-state index contributed by atoms with van der Waals surface area (Å²) in [7, 11) is 0. The maximum absolute atomic E-state index is 5.94. The summed E-state index contributed by atoms with van der Waals surface area (Å²) in [6.45, 7) is 1.56. The molecule has 2 aromatic heterocycles. The molecule has 146 valence electrons. The van der Waals surface area contributed by atoms with Gasteiger partial charge in [-0.15, -0.1) is 0 Å². The van der Waals surface area contributed by atoms with E-state index in [9.17, 15) is 0 Å². The van der Waals surface area contributed by atoms with Gasteiger partial charge in [-0.1, -0.05) is 30.3 Å². The minimum atomic E-state index is 0.571. The number of fused-ring (bicyclic) bond motifs is 1. The lowest BCUT2D eigenvalue weighted by Gasteiger charge is -2.11. The summed E-state index contributed by atoms with van der Waals surface area (Å²) in [4.78, 5) is 0. The Morgan fingerprint density at radius 3 is 2.66 bits per heavy atom. The molecule has 1 aliphatic rings. The van der Waals surface area contributed by atoms with E-state index in [1.54, 1.807) is 11.3 Å². The van der Waals surface area contributed by atoms with Crippen molar-refractivity contribution in [1.29, 1.82) is 0 Å². The molecule has 0 atom stereocenters. The Morgan fingerprint density at radius 2 is 1.86 bits per heavy atom. The number of ether oxygens (including phenoxy) is 1. The summed E-state index contributed by atoms with van der Waals surface area (Å²) in [5.41, 5.74) is 5.84. The van der Waals surface area contributed by atoms with Crippen LogP contribution in [0, 0.1) is 0 Å². The van der Waals surface area contributed by atoms with Crippen LogP contribution in [0.25, 0.3) is 16.9 Å². The van der Waals surface area contributed by atoms with Crippen LogP contribution in [0.1, 0.15) is 24.0 Å². The molecule has 0 fully saturated rings. The van der Waals surface area contributed by atoms with E-state index in [2.05, 4.69) is 51.1 Å². The fourth-order valence-electron chi connectivity index (χ4n) is 3.74. The standard InChI is InChI=1S/C24H23N3OS/c1-2-6-18(7-3-1)16-28-21-11-9-20(10-12-21)27-24-22(8-4-5-14-25-24)23(26-27)19-13-15-29-17-19/h1-3,6-7,9-13,15,17,25H,4-5,8,14,16H2. The molecule has 29 heavy (non-hydrogen) atoms. The molecular weight excluding hydrogens is 378 g/mol. The molecule has 2 aromatic carbocycles. The highest BCUT2D eigenvalue weighted by Crippen LogP contribution is 2.35. The van der Waals surface area contributed by atoms with Gasteiger partial charge in [0.2, 0.25) is 0 Å². The zero-order valence-electron chi connectivity index (χ0n) is 16.2. The van der Waals surface area contributed by atoms with Gasteiger partial charge in [0.25, 0.3) is 0 Å². The van der Waals surface area contributed by atoms with E-state index >= 15 is 0 Å². The van der Waals surface area contributed by atoms with Crippen LogP contribution in [0.15, 0.2) is 71.4 Å². The summed E-state index contributed by atoms with van der Waals surface area (Å²) >= 11 is 1.71. The van der Waals surface area contributed by atoms with E-state index < -0.39 is 0 Å². The molecule has 0 saturated carbocycles. The minimum absolute atomic E-state index is 0.571. The smallest absolute Gasteiger partial charge is 0.133 e. The average Bonchev–Trinajstić information content (AvgIpc) is 3.35. The quantitative estimate of drug-likeness (QED) is 0.451. The lowest BCUT2D eigenvalue weighted by Crippen LogP contribution is -2.07. The number of benzene rings is 2. The van der Waals surface area contributed by atoms with Crippen LogP contribution in [-0.2, 0) is 13.0 Å². The van der Waals surface area contributed by atoms with Gasteiger partial charge in [0.15, 0.2) is 0 Å². The number of hydrogen-bond donors (Lipinski definition) is 1. The molecule has 0 spiro atoms. The Bertz CT molecular complexity index is 1070. The van der Waals surface area contributed by atoms with Crippen molar-refractivity contribution in [3.05, 3.63) is 82.6 Å². The first kappa shape index (κ1) is 18.0. The molecule has 0 unspecified atom stereocenters. The first-order valence-corrected chi connectivity index (χ1v) is 11.0. The number of nitrogens with zero attached hydrogens (tertiary/aromatic N) is 2. The average molecular weight is 402 g/mol. The Labute approximate surface area is 174 Å². The predicted octanol–water partition coefficient (Wildman–Crippen LogP) is 5.93. The summed E-state index contributed by atoms with van der Waals surface area (Å²) in [5.74, 6) is 1.99. The van der Waals surface area contributed by atoms with Crippen LogP contribution in [0.5, 0.6) is 5.75 Å². The van der Waals surface area contributed by atoms with Gasteiger partial charge in [0.1, 0.15) is 18.2 Å². The van der Waals surface area contributed by atoms with E-state index in [0.29, 0.717) is 6.61 Å². The van der Waals surface area contributed by atoms with Gasteiger partial charge >= 0.3 is 0 Å². The van der Waals surface area contributed by atoms with Gasteiger partial charge in [-0.3, -0.25) is 0 Å². The summed E-state index contributed by atoms with van der Waals surface area (Å²) in [5, 5.41) is 12.9. The fraction of sp³-hybridized carbons (Fsp3) is 0.208. The van der Waals surface area contributed by atoms with Crippen molar-refractivity contribution >= 4 is 17.2 Å². The van der Waals surface area contributed by atoms with Gasteiger partial charge in [0, 0.05) is 23.1 Å². The zero-order chi connectivity index (χ0) is 19.5. The third kappa shape index (κ3) is 3.78. The summed E-state index contributed by atoms with van der Waals surface area (Å²) in [6, 6.07) is 20.6. The number of anilines is 1. The van der Waals surface area contributed by atoms with E-state index in [0.717, 1.165) is 35.9 Å². The number of aromatic nitrogens is 2. The van der Waals surface area contributed by atoms with E-state index in [4.69, 9.17) is 9.84 Å². The van der Waals surface area contributed by atoms with E-state index in [1.807, 2.05) is 30.3 Å². The molecule has 0 radical (unpaired) electrons. The molecule has 4 nitrogen and oxygen atoms in total. The highest BCUT2D eigenvalue weighted by Gasteiger charge is 2.21. The molecule has 1 N–H and O–H groups in total. The van der Waals surface area contributed by atoms with Crippen molar-refractivity contribution in [3.8, 4) is 22.7 Å².